The number of anilines is 1. The molecular weight excluding hydrogens is 473 g/mol. The molecule has 4 rings (SSSR count). The van der Waals surface area contributed by atoms with Gasteiger partial charge in [-0.1, -0.05) is 65.1 Å². The summed E-state index contributed by atoms with van der Waals surface area (Å²) in [4.78, 5) is 1.98. The van der Waals surface area contributed by atoms with Crippen LogP contribution >= 0.6 is 46.6 Å². The maximum atomic E-state index is 10.7. The predicted octanol–water partition coefficient (Wildman–Crippen LogP) is 7.07. The van der Waals surface area contributed by atoms with Crippen LogP contribution in [-0.4, -0.2) is 35.2 Å². The number of phenolic OH excluding ortho intramolecular Hbond substituents is 1. The van der Waals surface area contributed by atoms with E-state index < -0.39 is 0 Å². The van der Waals surface area contributed by atoms with Gasteiger partial charge in [0.05, 0.1) is 10.0 Å². The molecule has 160 valence electrons. The first-order valence-electron chi connectivity index (χ1n) is 9.49. The zero-order chi connectivity index (χ0) is 22.3. The fourth-order valence-corrected chi connectivity index (χ4v) is 5.33. The summed E-state index contributed by atoms with van der Waals surface area (Å²) in [5.74, 6) is 1.09. The molecule has 4 aromatic rings. The number of halogens is 3. The minimum atomic E-state index is 0.255. The number of fused-ring (bicyclic) bond motifs is 1. The number of hydrogen-bond acceptors (Lipinski definition) is 4. The van der Waals surface area contributed by atoms with Crippen molar-refractivity contribution in [2.45, 2.75) is 11.4 Å². The lowest BCUT2D eigenvalue weighted by molar-refractivity contribution is 0.470. The van der Waals surface area contributed by atoms with Crippen LogP contribution in [-0.2, 0) is 6.42 Å². The van der Waals surface area contributed by atoms with E-state index in [0.717, 1.165) is 32.7 Å². The standard InChI is InChI=1S/C23H20Cl3N3OS/c1-28(2)23-17(12-16-15-7-5-4-6-13(15)8-9-20(16)30)22(31-3)27-29(23)21-18(25)10-14(24)11-19(21)26/h4-11,30H,12H2,1-3H3. The van der Waals surface area contributed by atoms with Crippen molar-refractivity contribution in [3.63, 3.8) is 0 Å². The van der Waals surface area contributed by atoms with Crippen molar-refractivity contribution in [1.29, 1.82) is 0 Å². The molecule has 1 N–H and O–H groups in total. The highest BCUT2D eigenvalue weighted by Gasteiger charge is 2.25. The molecule has 0 atom stereocenters. The van der Waals surface area contributed by atoms with Crippen LogP contribution in [0.25, 0.3) is 16.5 Å². The summed E-state index contributed by atoms with van der Waals surface area (Å²) in [6.45, 7) is 0. The second kappa shape index (κ2) is 8.83. The molecule has 0 bridgehead atoms. The van der Waals surface area contributed by atoms with Crippen LogP contribution in [0.5, 0.6) is 5.75 Å². The van der Waals surface area contributed by atoms with Gasteiger partial charge in [0, 0.05) is 36.7 Å². The van der Waals surface area contributed by atoms with Crippen molar-refractivity contribution in [2.75, 3.05) is 25.3 Å². The SMILES string of the molecule is CSc1nn(-c2c(Cl)cc(Cl)cc2Cl)c(N(C)C)c1Cc1c(O)ccc2ccccc12. The fourth-order valence-electron chi connectivity index (χ4n) is 3.78. The molecular formula is C23H20Cl3N3OS. The zero-order valence-electron chi connectivity index (χ0n) is 17.2. The normalized spacial score (nSPS) is 11.3. The first-order valence-corrected chi connectivity index (χ1v) is 11.9. The summed E-state index contributed by atoms with van der Waals surface area (Å²) in [6.07, 6.45) is 2.48. The van der Waals surface area contributed by atoms with Crippen molar-refractivity contribution in [3.8, 4) is 11.4 Å². The minimum absolute atomic E-state index is 0.255. The molecule has 3 aromatic carbocycles. The number of benzene rings is 3. The molecule has 0 saturated heterocycles. The highest BCUT2D eigenvalue weighted by molar-refractivity contribution is 7.98. The lowest BCUT2D eigenvalue weighted by Crippen LogP contribution is -2.16. The minimum Gasteiger partial charge on any atom is -0.508 e. The molecule has 0 amide bonds. The number of rotatable bonds is 5. The average molecular weight is 493 g/mol. The third kappa shape index (κ3) is 4.08. The molecule has 0 aliphatic heterocycles. The Kier molecular flexibility index (Phi) is 6.31. The van der Waals surface area contributed by atoms with Gasteiger partial charge >= 0.3 is 0 Å². The summed E-state index contributed by atoms with van der Waals surface area (Å²) >= 11 is 20.7. The van der Waals surface area contributed by atoms with Gasteiger partial charge in [-0.25, -0.2) is 4.68 Å². The van der Waals surface area contributed by atoms with E-state index in [1.807, 2.05) is 55.6 Å². The van der Waals surface area contributed by atoms with E-state index in [4.69, 9.17) is 39.9 Å². The smallest absolute Gasteiger partial charge is 0.136 e. The zero-order valence-corrected chi connectivity index (χ0v) is 20.2. The van der Waals surface area contributed by atoms with Crippen molar-refractivity contribution in [3.05, 3.63) is 74.7 Å². The molecule has 1 aromatic heterocycles. The van der Waals surface area contributed by atoms with E-state index in [-0.39, 0.29) is 5.75 Å². The molecule has 1 heterocycles. The Morgan fingerprint density at radius 1 is 1.00 bits per heavy atom. The van der Waals surface area contributed by atoms with E-state index in [0.29, 0.717) is 27.2 Å². The van der Waals surface area contributed by atoms with Crippen LogP contribution in [0.1, 0.15) is 11.1 Å². The Hall–Kier alpha value is -2.05. The number of phenols is 1. The Balaban J connectivity index is 1.96. The molecule has 4 nitrogen and oxygen atoms in total. The van der Waals surface area contributed by atoms with Gasteiger partial charge in [-0.05, 0) is 35.2 Å². The van der Waals surface area contributed by atoms with Crippen molar-refractivity contribution in [2.24, 2.45) is 0 Å². The highest BCUT2D eigenvalue weighted by Crippen LogP contribution is 2.40. The monoisotopic (exact) mass is 491 g/mol. The first-order chi connectivity index (χ1) is 14.8. The maximum absolute atomic E-state index is 10.7. The number of aromatic hydroxyl groups is 1. The number of nitrogens with zero attached hydrogens (tertiary/aromatic N) is 3. The van der Waals surface area contributed by atoms with Crippen molar-refractivity contribution in [1.82, 2.24) is 9.78 Å². The molecule has 0 aliphatic carbocycles. The van der Waals surface area contributed by atoms with Crippen LogP contribution in [0.3, 0.4) is 0 Å². The van der Waals surface area contributed by atoms with Gasteiger partial charge in [0.25, 0.3) is 0 Å². The number of thioether (sulfide) groups is 1. The lowest BCUT2D eigenvalue weighted by Gasteiger charge is -2.19. The fraction of sp³-hybridized carbons (Fsp3) is 0.174. The van der Waals surface area contributed by atoms with Crippen LogP contribution in [0.15, 0.2) is 53.6 Å². The summed E-state index contributed by atoms with van der Waals surface area (Å²) in [7, 11) is 3.89. The van der Waals surface area contributed by atoms with Crippen LogP contribution in [0.4, 0.5) is 5.82 Å². The van der Waals surface area contributed by atoms with Gasteiger partial charge in [-0.15, -0.1) is 11.8 Å². The highest BCUT2D eigenvalue weighted by atomic mass is 35.5. The molecule has 0 unspecified atom stereocenters. The van der Waals surface area contributed by atoms with Crippen LogP contribution in [0, 0.1) is 0 Å². The van der Waals surface area contributed by atoms with Crippen LogP contribution in [0.2, 0.25) is 15.1 Å². The molecule has 8 heteroatoms. The second-order valence-electron chi connectivity index (χ2n) is 7.30. The van der Waals surface area contributed by atoms with Gasteiger partial charge in [-0.2, -0.15) is 5.10 Å². The van der Waals surface area contributed by atoms with Gasteiger partial charge in [0.15, 0.2) is 0 Å². The molecule has 0 spiro atoms. The van der Waals surface area contributed by atoms with Crippen molar-refractivity contribution >= 4 is 63.2 Å². The van der Waals surface area contributed by atoms with Gasteiger partial charge in [0.1, 0.15) is 22.3 Å². The quantitative estimate of drug-likeness (QED) is 0.302. The summed E-state index contributed by atoms with van der Waals surface area (Å²) in [6, 6.07) is 15.0. The molecule has 31 heavy (non-hydrogen) atoms. The Morgan fingerprint density at radius 3 is 2.32 bits per heavy atom. The topological polar surface area (TPSA) is 41.3 Å². The molecule has 0 aliphatic rings. The third-order valence-electron chi connectivity index (χ3n) is 5.10. The van der Waals surface area contributed by atoms with E-state index in [1.165, 1.54) is 11.8 Å². The molecule has 0 radical (unpaired) electrons. The van der Waals surface area contributed by atoms with E-state index in [9.17, 15) is 5.11 Å². The second-order valence-corrected chi connectivity index (χ2v) is 9.34. The van der Waals surface area contributed by atoms with Crippen LogP contribution < -0.4 is 4.90 Å². The molecule has 0 saturated carbocycles. The molecule has 0 fully saturated rings. The maximum Gasteiger partial charge on any atom is 0.136 e. The van der Waals surface area contributed by atoms with Gasteiger partial charge in [0.2, 0.25) is 0 Å². The largest absolute Gasteiger partial charge is 0.508 e. The Morgan fingerprint density at radius 2 is 1.68 bits per heavy atom. The Bertz CT molecular complexity index is 1260. The van der Waals surface area contributed by atoms with Crippen molar-refractivity contribution < 1.29 is 5.11 Å². The van der Waals surface area contributed by atoms with E-state index in [1.54, 1.807) is 22.9 Å². The Labute approximate surface area is 200 Å². The van der Waals surface area contributed by atoms with Gasteiger partial charge in [-0.3, -0.25) is 0 Å². The van der Waals surface area contributed by atoms with Gasteiger partial charge < -0.3 is 10.0 Å². The number of aromatic nitrogens is 2. The predicted molar refractivity (Wildman–Crippen MR) is 133 cm³/mol. The third-order valence-corrected chi connectivity index (χ3v) is 6.61. The average Bonchev–Trinajstić information content (AvgIpc) is 3.07. The number of hydrogen-bond donors (Lipinski definition) is 1. The summed E-state index contributed by atoms with van der Waals surface area (Å²) in [5, 5.41) is 19.7. The first kappa shape index (κ1) is 22.2. The summed E-state index contributed by atoms with van der Waals surface area (Å²) in [5.41, 5.74) is 2.40. The van der Waals surface area contributed by atoms with E-state index in [2.05, 4.69) is 0 Å². The van der Waals surface area contributed by atoms with E-state index >= 15 is 0 Å². The lowest BCUT2D eigenvalue weighted by atomic mass is 9.98. The summed E-state index contributed by atoms with van der Waals surface area (Å²) < 4.78 is 1.75.